The van der Waals surface area contributed by atoms with Crippen molar-refractivity contribution in [3.63, 3.8) is 0 Å². The van der Waals surface area contributed by atoms with Gasteiger partial charge in [-0.15, -0.1) is 0 Å². The van der Waals surface area contributed by atoms with Crippen molar-refractivity contribution < 1.29 is 22.3 Å². The van der Waals surface area contributed by atoms with Gasteiger partial charge in [0.25, 0.3) is 0 Å². The van der Waals surface area contributed by atoms with Gasteiger partial charge in [-0.25, -0.2) is 0 Å². The molecule has 0 fully saturated rings. The highest BCUT2D eigenvalue weighted by Crippen LogP contribution is 2.24. The van der Waals surface area contributed by atoms with Crippen LogP contribution in [0.15, 0.2) is 40.1 Å². The van der Waals surface area contributed by atoms with Crippen molar-refractivity contribution >= 4 is 11.6 Å². The number of alkyl halides is 3. The van der Waals surface area contributed by atoms with E-state index >= 15 is 0 Å². The van der Waals surface area contributed by atoms with Gasteiger partial charge in [0.05, 0.1) is 5.03 Å². The highest BCUT2D eigenvalue weighted by atomic mass is 35.5. The highest BCUT2D eigenvalue weighted by molar-refractivity contribution is 6.32. The van der Waals surface area contributed by atoms with E-state index in [1.165, 1.54) is 13.0 Å². The van der Waals surface area contributed by atoms with Gasteiger partial charge in [-0.05, 0) is 19.1 Å². The molecule has 0 aromatic rings. The lowest BCUT2D eigenvalue weighted by Crippen LogP contribution is -2.16. The predicted octanol–water partition coefficient (Wildman–Crippen LogP) is 3.98. The van der Waals surface area contributed by atoms with E-state index in [0.717, 1.165) is 6.08 Å². The zero-order chi connectivity index (χ0) is 12.3. The second-order valence-corrected chi connectivity index (χ2v) is 3.42. The van der Waals surface area contributed by atoms with E-state index in [4.69, 9.17) is 11.6 Å². The molecule has 0 saturated heterocycles. The molecule has 0 aromatic carbocycles. The van der Waals surface area contributed by atoms with Gasteiger partial charge >= 0.3 is 6.18 Å². The van der Waals surface area contributed by atoms with Crippen LogP contribution in [0.2, 0.25) is 0 Å². The zero-order valence-electron chi connectivity index (χ0n) is 8.16. The normalized spacial score (nSPS) is 16.9. The summed E-state index contributed by atoms with van der Waals surface area (Å²) in [7, 11) is 0. The molecule has 1 aliphatic carbocycles. The third-order valence-electron chi connectivity index (χ3n) is 1.64. The lowest BCUT2D eigenvalue weighted by Gasteiger charge is -2.09. The summed E-state index contributed by atoms with van der Waals surface area (Å²) in [4.78, 5) is 0. The maximum atomic E-state index is 13.2. The molecule has 0 atom stereocenters. The van der Waals surface area contributed by atoms with Gasteiger partial charge in [-0.1, -0.05) is 17.3 Å². The molecular formula is C10H7ClF4O. The van der Waals surface area contributed by atoms with Gasteiger partial charge in [0.2, 0.25) is 5.83 Å². The summed E-state index contributed by atoms with van der Waals surface area (Å²) in [5.74, 6) is -1.54. The summed E-state index contributed by atoms with van der Waals surface area (Å²) in [6.45, 7) is -0.0720. The Morgan fingerprint density at radius 3 is 2.56 bits per heavy atom. The molecule has 0 N–H and O–H groups in total. The predicted molar refractivity (Wildman–Crippen MR) is 51.3 cm³/mol. The van der Waals surface area contributed by atoms with Crippen LogP contribution in [0.3, 0.4) is 0 Å². The lowest BCUT2D eigenvalue weighted by atomic mass is 10.3. The summed E-state index contributed by atoms with van der Waals surface area (Å²) < 4.78 is 53.0. The Hall–Kier alpha value is -1.19. The number of ether oxygens (including phenoxy) is 1. The number of rotatable bonds is 2. The van der Waals surface area contributed by atoms with Gasteiger partial charge < -0.3 is 4.74 Å². The largest absolute Gasteiger partial charge is 0.480 e. The standard InChI is InChI=1S/C10H7ClF4O/c1-6-4-8(12)9(3-2-7(6)11)16-5-10(13,14)15/h2-3H,5H2,1H3. The van der Waals surface area contributed by atoms with Crippen LogP contribution in [-0.4, -0.2) is 12.8 Å². The summed E-state index contributed by atoms with van der Waals surface area (Å²) in [5, 5.41) is 0.195. The van der Waals surface area contributed by atoms with Crippen molar-refractivity contribution in [1.29, 1.82) is 0 Å². The Morgan fingerprint density at radius 1 is 1.38 bits per heavy atom. The smallest absolute Gasteiger partial charge is 0.422 e. The Bertz CT molecular complexity index is 411. The number of hydrogen-bond acceptors (Lipinski definition) is 1. The first kappa shape index (κ1) is 12.9. The van der Waals surface area contributed by atoms with Gasteiger partial charge in [0, 0.05) is 5.57 Å². The molecule has 0 radical (unpaired) electrons. The summed E-state index contributed by atoms with van der Waals surface area (Å²) in [5.41, 5.74) is 2.48. The van der Waals surface area contributed by atoms with Crippen molar-refractivity contribution in [2.45, 2.75) is 13.1 Å². The Kier molecular flexibility index (Phi) is 3.83. The second kappa shape index (κ2) is 4.76. The van der Waals surface area contributed by atoms with Crippen LogP contribution in [-0.2, 0) is 4.74 Å². The lowest BCUT2D eigenvalue weighted by molar-refractivity contribution is -0.164. The van der Waals surface area contributed by atoms with Gasteiger partial charge in [0.15, 0.2) is 12.4 Å². The maximum Gasteiger partial charge on any atom is 0.422 e. The first-order valence-electron chi connectivity index (χ1n) is 4.20. The second-order valence-electron chi connectivity index (χ2n) is 3.01. The molecule has 0 bridgehead atoms. The third kappa shape index (κ3) is 3.76. The monoisotopic (exact) mass is 254 g/mol. The minimum Gasteiger partial charge on any atom is -0.480 e. The van der Waals surface area contributed by atoms with Crippen molar-refractivity contribution in [3.8, 4) is 0 Å². The van der Waals surface area contributed by atoms with Crippen molar-refractivity contribution in [2.24, 2.45) is 0 Å². The van der Waals surface area contributed by atoms with Crippen LogP contribution in [0.4, 0.5) is 17.6 Å². The first-order chi connectivity index (χ1) is 7.29. The quantitative estimate of drug-likeness (QED) is 0.535. The van der Waals surface area contributed by atoms with Gasteiger partial charge in [-0.2, -0.15) is 17.6 Å². The molecule has 0 aromatic heterocycles. The minimum absolute atomic E-state index is 0.195. The van der Waals surface area contributed by atoms with E-state index < -0.39 is 24.4 Å². The van der Waals surface area contributed by atoms with E-state index in [1.54, 1.807) is 0 Å². The molecule has 1 aliphatic rings. The van der Waals surface area contributed by atoms with Crippen LogP contribution in [0.5, 0.6) is 0 Å². The van der Waals surface area contributed by atoms with Gasteiger partial charge in [-0.3, -0.25) is 0 Å². The molecular weight excluding hydrogens is 248 g/mol. The van der Waals surface area contributed by atoms with Crippen LogP contribution in [0, 0.1) is 0 Å². The summed E-state index contributed by atoms with van der Waals surface area (Å²) in [6, 6.07) is 0. The van der Waals surface area contributed by atoms with Crippen LogP contribution < -0.4 is 0 Å². The Labute approximate surface area is 94.3 Å². The molecule has 0 unspecified atom stereocenters. The molecule has 16 heavy (non-hydrogen) atoms. The van der Waals surface area contributed by atoms with E-state index in [2.05, 4.69) is 10.5 Å². The minimum atomic E-state index is -4.51. The fourth-order valence-electron chi connectivity index (χ4n) is 0.904. The Balaban J connectivity index is 2.87. The fourth-order valence-corrected chi connectivity index (χ4v) is 1.01. The maximum absolute atomic E-state index is 13.2. The summed E-state index contributed by atoms with van der Waals surface area (Å²) >= 11 is 5.65. The van der Waals surface area contributed by atoms with Gasteiger partial charge in [0.1, 0.15) is 0 Å². The van der Waals surface area contributed by atoms with Crippen LogP contribution in [0.1, 0.15) is 6.92 Å². The SMILES string of the molecule is CC1=C=C(F)C(OCC(F)(F)F)=CC=C1Cl. The molecule has 0 saturated carbocycles. The third-order valence-corrected chi connectivity index (χ3v) is 2.05. The fraction of sp³-hybridized carbons (Fsp3) is 0.300. The van der Waals surface area contributed by atoms with Crippen molar-refractivity contribution in [2.75, 3.05) is 6.61 Å². The molecule has 88 valence electrons. The van der Waals surface area contributed by atoms with E-state index in [-0.39, 0.29) is 5.03 Å². The molecule has 0 heterocycles. The molecule has 0 aliphatic heterocycles. The average Bonchev–Trinajstić information content (AvgIpc) is 2.25. The molecule has 6 heteroatoms. The Morgan fingerprint density at radius 2 is 2.00 bits per heavy atom. The van der Waals surface area contributed by atoms with Crippen molar-refractivity contribution in [3.05, 3.63) is 40.1 Å². The number of allylic oxidation sites excluding steroid dienone is 4. The number of hydrogen-bond donors (Lipinski definition) is 0. The molecule has 1 rings (SSSR count). The van der Waals surface area contributed by atoms with Crippen LogP contribution >= 0.6 is 11.6 Å². The molecule has 0 amide bonds. The topological polar surface area (TPSA) is 9.23 Å². The number of halogens is 5. The molecule has 1 nitrogen and oxygen atoms in total. The van der Waals surface area contributed by atoms with E-state index in [9.17, 15) is 17.6 Å². The zero-order valence-corrected chi connectivity index (χ0v) is 8.92. The van der Waals surface area contributed by atoms with E-state index in [1.807, 2.05) is 0 Å². The molecule has 0 spiro atoms. The van der Waals surface area contributed by atoms with E-state index in [0.29, 0.717) is 5.57 Å². The first-order valence-corrected chi connectivity index (χ1v) is 4.58. The van der Waals surface area contributed by atoms with Crippen LogP contribution in [0.25, 0.3) is 0 Å². The summed E-state index contributed by atoms with van der Waals surface area (Å²) in [6.07, 6.45) is -2.23. The average molecular weight is 255 g/mol. The highest BCUT2D eigenvalue weighted by Gasteiger charge is 2.29. The van der Waals surface area contributed by atoms with Crippen molar-refractivity contribution in [1.82, 2.24) is 0 Å².